The van der Waals surface area contributed by atoms with Crippen LogP contribution in [0.3, 0.4) is 0 Å². The van der Waals surface area contributed by atoms with Gasteiger partial charge in [0, 0.05) is 33.1 Å². The molecule has 4 nitrogen and oxygen atoms in total. The summed E-state index contributed by atoms with van der Waals surface area (Å²) in [6.45, 7) is 4.34. The van der Waals surface area contributed by atoms with Gasteiger partial charge < -0.3 is 9.80 Å². The fraction of sp³-hybridized carbons (Fsp3) is 0.368. The Bertz CT molecular complexity index is 726. The molecule has 0 unspecified atom stereocenters. The molecule has 0 atom stereocenters. The number of carbonyl (C=O) groups is 2. The van der Waals surface area contributed by atoms with E-state index in [9.17, 15) is 9.59 Å². The summed E-state index contributed by atoms with van der Waals surface area (Å²) >= 11 is 0. The summed E-state index contributed by atoms with van der Waals surface area (Å²) in [5, 5.41) is 2.35. The Morgan fingerprint density at radius 3 is 2.39 bits per heavy atom. The van der Waals surface area contributed by atoms with E-state index in [0.717, 1.165) is 30.5 Å². The van der Waals surface area contributed by atoms with Gasteiger partial charge in [-0.3, -0.25) is 9.59 Å². The van der Waals surface area contributed by atoms with Crippen molar-refractivity contribution < 1.29 is 9.59 Å². The van der Waals surface area contributed by atoms with Crippen molar-refractivity contribution in [3.05, 3.63) is 48.0 Å². The highest BCUT2D eigenvalue weighted by atomic mass is 16.2. The molecule has 120 valence electrons. The molecule has 1 heterocycles. The number of hydrogen-bond acceptors (Lipinski definition) is 2. The summed E-state index contributed by atoms with van der Waals surface area (Å²) < 4.78 is 0. The topological polar surface area (TPSA) is 40.6 Å². The first-order valence-electron chi connectivity index (χ1n) is 8.14. The molecule has 0 N–H and O–H groups in total. The first-order chi connectivity index (χ1) is 11.1. The average Bonchev–Trinajstić information content (AvgIpc) is 2.81. The molecule has 2 aromatic rings. The van der Waals surface area contributed by atoms with Crippen LogP contribution in [0.15, 0.2) is 42.5 Å². The first kappa shape index (κ1) is 15.5. The molecule has 0 bridgehead atoms. The summed E-state index contributed by atoms with van der Waals surface area (Å²) in [4.78, 5) is 27.7. The minimum atomic E-state index is 0.0915. The molecule has 0 aromatic heterocycles. The van der Waals surface area contributed by atoms with Crippen molar-refractivity contribution in [2.24, 2.45) is 0 Å². The maximum absolute atomic E-state index is 12.6. The Kier molecular flexibility index (Phi) is 4.60. The summed E-state index contributed by atoms with van der Waals surface area (Å²) in [5.74, 6) is 0.236. The van der Waals surface area contributed by atoms with E-state index in [0.29, 0.717) is 19.5 Å². The molecular weight excluding hydrogens is 288 g/mol. The number of amides is 2. The van der Waals surface area contributed by atoms with Crippen molar-refractivity contribution in [3.8, 4) is 0 Å². The fourth-order valence-electron chi connectivity index (χ4n) is 3.12. The van der Waals surface area contributed by atoms with E-state index < -0.39 is 0 Å². The molecule has 0 radical (unpaired) electrons. The largest absolute Gasteiger partial charge is 0.341 e. The van der Waals surface area contributed by atoms with E-state index in [1.165, 1.54) is 5.39 Å². The third-order valence-electron chi connectivity index (χ3n) is 4.46. The number of carbonyl (C=O) groups excluding carboxylic acids is 2. The molecule has 4 heteroatoms. The average molecular weight is 310 g/mol. The van der Waals surface area contributed by atoms with E-state index >= 15 is 0 Å². The minimum Gasteiger partial charge on any atom is -0.341 e. The lowest BCUT2D eigenvalue weighted by molar-refractivity contribution is -0.132. The standard InChI is InChI=1S/C19H22N2O2/c1-15(22)20-9-4-10-21(12-11-20)19(23)14-16-7-8-17-5-2-3-6-18(17)13-16/h2-3,5-8,13H,4,9-12,14H2,1H3. The molecule has 1 aliphatic rings. The van der Waals surface area contributed by atoms with Crippen LogP contribution in [-0.2, 0) is 16.0 Å². The molecule has 1 fully saturated rings. The van der Waals surface area contributed by atoms with Crippen molar-refractivity contribution in [3.63, 3.8) is 0 Å². The number of benzene rings is 2. The van der Waals surface area contributed by atoms with Crippen LogP contribution >= 0.6 is 0 Å². The van der Waals surface area contributed by atoms with Gasteiger partial charge in [-0.15, -0.1) is 0 Å². The van der Waals surface area contributed by atoms with E-state index in [2.05, 4.69) is 24.3 Å². The third kappa shape index (κ3) is 3.70. The van der Waals surface area contributed by atoms with Crippen molar-refractivity contribution in [1.29, 1.82) is 0 Å². The van der Waals surface area contributed by atoms with Crippen LogP contribution in [-0.4, -0.2) is 47.8 Å². The van der Waals surface area contributed by atoms with Crippen LogP contribution in [0.5, 0.6) is 0 Å². The zero-order valence-electron chi connectivity index (χ0n) is 13.5. The Morgan fingerprint density at radius 1 is 0.913 bits per heavy atom. The van der Waals surface area contributed by atoms with Crippen molar-refractivity contribution in [2.75, 3.05) is 26.2 Å². The van der Waals surface area contributed by atoms with E-state index in [-0.39, 0.29) is 11.8 Å². The normalized spacial score (nSPS) is 15.5. The van der Waals surface area contributed by atoms with E-state index in [4.69, 9.17) is 0 Å². The van der Waals surface area contributed by atoms with Gasteiger partial charge in [0.2, 0.25) is 11.8 Å². The Morgan fingerprint density at radius 2 is 1.61 bits per heavy atom. The van der Waals surface area contributed by atoms with Gasteiger partial charge in [0.25, 0.3) is 0 Å². The fourth-order valence-corrected chi connectivity index (χ4v) is 3.12. The second-order valence-corrected chi connectivity index (χ2v) is 6.10. The lowest BCUT2D eigenvalue weighted by Gasteiger charge is -2.21. The van der Waals surface area contributed by atoms with Crippen LogP contribution in [0.25, 0.3) is 10.8 Å². The highest BCUT2D eigenvalue weighted by Gasteiger charge is 2.20. The van der Waals surface area contributed by atoms with Crippen LogP contribution in [0.4, 0.5) is 0 Å². The van der Waals surface area contributed by atoms with Gasteiger partial charge in [0.15, 0.2) is 0 Å². The predicted molar refractivity (Wildman–Crippen MR) is 91.1 cm³/mol. The molecule has 3 rings (SSSR count). The monoisotopic (exact) mass is 310 g/mol. The molecule has 2 amide bonds. The summed E-state index contributed by atoms with van der Waals surface area (Å²) in [5.41, 5.74) is 1.04. The molecule has 23 heavy (non-hydrogen) atoms. The van der Waals surface area contributed by atoms with Gasteiger partial charge in [0.1, 0.15) is 0 Å². The molecule has 0 spiro atoms. The smallest absolute Gasteiger partial charge is 0.227 e. The molecular formula is C19H22N2O2. The number of rotatable bonds is 2. The zero-order valence-corrected chi connectivity index (χ0v) is 13.5. The lowest BCUT2D eigenvalue weighted by Crippen LogP contribution is -2.37. The second kappa shape index (κ2) is 6.82. The Hall–Kier alpha value is -2.36. The Labute approximate surface area is 136 Å². The second-order valence-electron chi connectivity index (χ2n) is 6.10. The molecule has 0 saturated carbocycles. The molecule has 1 saturated heterocycles. The number of fused-ring (bicyclic) bond motifs is 1. The summed E-state index contributed by atoms with van der Waals surface area (Å²) in [6.07, 6.45) is 1.27. The van der Waals surface area contributed by atoms with Gasteiger partial charge in [-0.2, -0.15) is 0 Å². The summed E-state index contributed by atoms with van der Waals surface area (Å²) in [6, 6.07) is 14.4. The van der Waals surface area contributed by atoms with Crippen LogP contribution < -0.4 is 0 Å². The number of hydrogen-bond donors (Lipinski definition) is 0. The molecule has 0 aliphatic carbocycles. The van der Waals surface area contributed by atoms with Crippen molar-refractivity contribution >= 4 is 22.6 Å². The minimum absolute atomic E-state index is 0.0915. The highest BCUT2D eigenvalue weighted by Crippen LogP contribution is 2.17. The highest BCUT2D eigenvalue weighted by molar-refractivity contribution is 5.85. The maximum Gasteiger partial charge on any atom is 0.227 e. The van der Waals surface area contributed by atoms with Crippen LogP contribution in [0.1, 0.15) is 18.9 Å². The van der Waals surface area contributed by atoms with Gasteiger partial charge >= 0.3 is 0 Å². The van der Waals surface area contributed by atoms with Gasteiger partial charge in [-0.05, 0) is 22.8 Å². The molecule has 2 aromatic carbocycles. The SMILES string of the molecule is CC(=O)N1CCCN(C(=O)Cc2ccc3ccccc3c2)CC1. The van der Waals surface area contributed by atoms with Crippen LogP contribution in [0, 0.1) is 0 Å². The van der Waals surface area contributed by atoms with Gasteiger partial charge in [0.05, 0.1) is 6.42 Å². The first-order valence-corrected chi connectivity index (χ1v) is 8.14. The predicted octanol–water partition coefficient (Wildman–Crippen LogP) is 2.46. The Balaban J connectivity index is 1.66. The zero-order chi connectivity index (χ0) is 16.2. The lowest BCUT2D eigenvalue weighted by atomic mass is 10.0. The summed E-state index contributed by atoms with van der Waals surface area (Å²) in [7, 11) is 0. The number of nitrogens with zero attached hydrogens (tertiary/aromatic N) is 2. The van der Waals surface area contributed by atoms with E-state index in [1.54, 1.807) is 6.92 Å². The quantitative estimate of drug-likeness (QED) is 0.855. The van der Waals surface area contributed by atoms with Gasteiger partial charge in [-0.25, -0.2) is 0 Å². The third-order valence-corrected chi connectivity index (χ3v) is 4.46. The van der Waals surface area contributed by atoms with E-state index in [1.807, 2.05) is 28.0 Å². The van der Waals surface area contributed by atoms with Gasteiger partial charge in [-0.1, -0.05) is 42.5 Å². The van der Waals surface area contributed by atoms with Crippen molar-refractivity contribution in [1.82, 2.24) is 9.80 Å². The molecule has 1 aliphatic heterocycles. The van der Waals surface area contributed by atoms with Crippen LogP contribution in [0.2, 0.25) is 0 Å². The van der Waals surface area contributed by atoms with Crippen molar-refractivity contribution in [2.45, 2.75) is 19.8 Å². The maximum atomic E-state index is 12.6.